The Balaban J connectivity index is 1.69. The molecular weight excluding hydrogens is 304 g/mol. The number of amides is 1. The van der Waals surface area contributed by atoms with Crippen LogP contribution >= 0.6 is 0 Å². The summed E-state index contributed by atoms with van der Waals surface area (Å²) in [7, 11) is 0. The summed E-state index contributed by atoms with van der Waals surface area (Å²) in [6.45, 7) is 2.63. The molecule has 2 unspecified atom stereocenters. The number of rotatable bonds is 8. The lowest BCUT2D eigenvalue weighted by Crippen LogP contribution is -2.44. The van der Waals surface area contributed by atoms with Crippen LogP contribution in [0.1, 0.15) is 55.8 Å². The third-order valence-corrected chi connectivity index (χ3v) is 4.62. The number of ketones is 1. The molecule has 1 amide bonds. The Labute approximate surface area is 143 Å². The monoisotopic (exact) mass is 332 g/mol. The summed E-state index contributed by atoms with van der Waals surface area (Å²) in [6, 6.07) is 7.34. The minimum atomic E-state index is 0.0155. The Morgan fingerprint density at radius 1 is 1.29 bits per heavy atom. The molecule has 1 aliphatic rings. The summed E-state index contributed by atoms with van der Waals surface area (Å²) in [4.78, 5) is 23.4. The van der Waals surface area contributed by atoms with Crippen LogP contribution in [0, 0.1) is 5.92 Å². The molecule has 1 saturated carbocycles. The van der Waals surface area contributed by atoms with Crippen LogP contribution in [0.5, 0.6) is 5.75 Å². The zero-order chi connectivity index (χ0) is 17.4. The van der Waals surface area contributed by atoms with Crippen molar-refractivity contribution in [2.45, 2.75) is 51.5 Å². The van der Waals surface area contributed by atoms with Crippen molar-refractivity contribution in [3.05, 3.63) is 29.8 Å². The first-order valence-electron chi connectivity index (χ1n) is 8.83. The number of carbonyl (C=O) groups excluding carboxylic acids is 2. The predicted octanol–water partition coefficient (Wildman–Crippen LogP) is 2.68. The molecule has 1 aliphatic carbocycles. The van der Waals surface area contributed by atoms with Crippen molar-refractivity contribution in [1.29, 1.82) is 0 Å². The Morgan fingerprint density at radius 2 is 2.08 bits per heavy atom. The first-order chi connectivity index (χ1) is 11.6. The molecule has 0 spiro atoms. The highest BCUT2D eigenvalue weighted by atomic mass is 16.5. The van der Waals surface area contributed by atoms with Gasteiger partial charge in [-0.3, -0.25) is 9.59 Å². The van der Waals surface area contributed by atoms with Gasteiger partial charge in [0, 0.05) is 18.0 Å². The van der Waals surface area contributed by atoms with E-state index in [0.29, 0.717) is 43.2 Å². The van der Waals surface area contributed by atoms with Crippen molar-refractivity contribution in [3.63, 3.8) is 0 Å². The summed E-state index contributed by atoms with van der Waals surface area (Å²) < 4.78 is 5.63. The number of hydrogen-bond donors (Lipinski definition) is 2. The van der Waals surface area contributed by atoms with Crippen LogP contribution in [-0.4, -0.2) is 30.9 Å². The van der Waals surface area contributed by atoms with E-state index in [1.165, 1.54) is 13.3 Å². The van der Waals surface area contributed by atoms with E-state index in [0.717, 1.165) is 19.3 Å². The lowest BCUT2D eigenvalue weighted by atomic mass is 9.84. The normalized spacial score (nSPS) is 20.4. The van der Waals surface area contributed by atoms with E-state index >= 15 is 0 Å². The van der Waals surface area contributed by atoms with Crippen LogP contribution in [0.3, 0.4) is 0 Å². The van der Waals surface area contributed by atoms with Crippen LogP contribution < -0.4 is 15.8 Å². The number of nitrogens with one attached hydrogen (secondary N) is 1. The van der Waals surface area contributed by atoms with Gasteiger partial charge in [-0.05, 0) is 50.8 Å². The van der Waals surface area contributed by atoms with Gasteiger partial charge in [-0.15, -0.1) is 0 Å². The van der Waals surface area contributed by atoms with Crippen molar-refractivity contribution in [1.82, 2.24) is 5.32 Å². The van der Waals surface area contributed by atoms with E-state index in [4.69, 9.17) is 10.5 Å². The van der Waals surface area contributed by atoms with Gasteiger partial charge in [-0.1, -0.05) is 25.0 Å². The largest absolute Gasteiger partial charge is 0.494 e. The number of hydrogen-bond acceptors (Lipinski definition) is 4. The molecule has 1 fully saturated rings. The minimum absolute atomic E-state index is 0.0155. The fourth-order valence-electron chi connectivity index (χ4n) is 3.19. The lowest BCUT2D eigenvalue weighted by molar-refractivity contribution is -0.122. The fourth-order valence-corrected chi connectivity index (χ4v) is 3.19. The molecule has 132 valence electrons. The van der Waals surface area contributed by atoms with Crippen LogP contribution in [0.15, 0.2) is 24.3 Å². The third-order valence-electron chi connectivity index (χ3n) is 4.62. The van der Waals surface area contributed by atoms with E-state index < -0.39 is 0 Å². The molecule has 5 nitrogen and oxygen atoms in total. The second kappa shape index (κ2) is 9.42. The standard InChI is InChI=1S/C19H28N2O3/c1-14(22)15-7-4-8-17(12-15)24-11-5-10-19(23)21-18-9-3-2-6-16(18)13-20/h4,7-8,12,16,18H,2-3,5-6,9-11,13,20H2,1H3,(H,21,23). The molecule has 5 heteroatoms. The molecule has 0 aromatic heterocycles. The molecule has 1 aromatic carbocycles. The van der Waals surface area contributed by atoms with Gasteiger partial charge in [-0.25, -0.2) is 0 Å². The van der Waals surface area contributed by atoms with Gasteiger partial charge in [0.15, 0.2) is 5.78 Å². The zero-order valence-corrected chi connectivity index (χ0v) is 14.4. The fraction of sp³-hybridized carbons (Fsp3) is 0.579. The molecule has 3 N–H and O–H groups in total. The Kier molecular flexibility index (Phi) is 7.25. The highest BCUT2D eigenvalue weighted by Gasteiger charge is 2.24. The maximum absolute atomic E-state index is 12.1. The highest BCUT2D eigenvalue weighted by Crippen LogP contribution is 2.23. The minimum Gasteiger partial charge on any atom is -0.494 e. The lowest BCUT2D eigenvalue weighted by Gasteiger charge is -2.31. The molecular formula is C19H28N2O3. The van der Waals surface area contributed by atoms with E-state index in [1.54, 1.807) is 18.2 Å². The summed E-state index contributed by atoms with van der Waals surface area (Å²) in [6.07, 6.45) is 5.60. The number of ether oxygens (including phenoxy) is 1. The highest BCUT2D eigenvalue weighted by molar-refractivity contribution is 5.94. The molecule has 0 bridgehead atoms. The van der Waals surface area contributed by atoms with Gasteiger partial charge in [0.05, 0.1) is 6.61 Å². The van der Waals surface area contributed by atoms with E-state index in [1.807, 2.05) is 6.07 Å². The van der Waals surface area contributed by atoms with E-state index in [2.05, 4.69) is 5.32 Å². The van der Waals surface area contributed by atoms with Crippen molar-refractivity contribution < 1.29 is 14.3 Å². The molecule has 0 radical (unpaired) electrons. The molecule has 2 rings (SSSR count). The van der Waals surface area contributed by atoms with Crippen molar-refractivity contribution >= 4 is 11.7 Å². The topological polar surface area (TPSA) is 81.4 Å². The smallest absolute Gasteiger partial charge is 0.220 e. The van der Waals surface area contributed by atoms with Gasteiger partial charge in [0.25, 0.3) is 0 Å². The first kappa shape index (κ1) is 18.5. The van der Waals surface area contributed by atoms with Crippen LogP contribution in [0.4, 0.5) is 0 Å². The SMILES string of the molecule is CC(=O)c1cccc(OCCCC(=O)NC2CCCCC2CN)c1. The molecule has 0 heterocycles. The first-order valence-corrected chi connectivity index (χ1v) is 8.83. The number of nitrogens with two attached hydrogens (primary N) is 1. The number of carbonyl (C=O) groups is 2. The van der Waals surface area contributed by atoms with Crippen molar-refractivity contribution in [2.75, 3.05) is 13.2 Å². The third kappa shape index (κ3) is 5.64. The molecule has 0 saturated heterocycles. The van der Waals surface area contributed by atoms with E-state index in [9.17, 15) is 9.59 Å². The summed E-state index contributed by atoms with van der Waals surface area (Å²) >= 11 is 0. The summed E-state index contributed by atoms with van der Waals surface area (Å²) in [5.74, 6) is 1.16. The Bertz CT molecular complexity index is 559. The molecule has 2 atom stereocenters. The number of benzene rings is 1. The van der Waals surface area contributed by atoms with Crippen LogP contribution in [0.2, 0.25) is 0 Å². The average Bonchev–Trinajstić information content (AvgIpc) is 2.59. The molecule has 1 aromatic rings. The predicted molar refractivity (Wildman–Crippen MR) is 94.1 cm³/mol. The average molecular weight is 332 g/mol. The summed E-state index contributed by atoms with van der Waals surface area (Å²) in [5.41, 5.74) is 6.43. The second-order valence-corrected chi connectivity index (χ2v) is 6.49. The molecule has 24 heavy (non-hydrogen) atoms. The van der Waals surface area contributed by atoms with E-state index in [-0.39, 0.29) is 17.7 Å². The van der Waals surface area contributed by atoms with Gasteiger partial charge >= 0.3 is 0 Å². The maximum Gasteiger partial charge on any atom is 0.220 e. The quantitative estimate of drug-likeness (QED) is 0.566. The van der Waals surface area contributed by atoms with Crippen LogP contribution in [-0.2, 0) is 4.79 Å². The van der Waals surface area contributed by atoms with Gasteiger partial charge in [-0.2, -0.15) is 0 Å². The van der Waals surface area contributed by atoms with Crippen LogP contribution in [0.25, 0.3) is 0 Å². The second-order valence-electron chi connectivity index (χ2n) is 6.49. The Morgan fingerprint density at radius 3 is 2.83 bits per heavy atom. The summed E-state index contributed by atoms with van der Waals surface area (Å²) in [5, 5.41) is 3.12. The Hall–Kier alpha value is -1.88. The van der Waals surface area contributed by atoms with Gasteiger partial charge < -0.3 is 15.8 Å². The zero-order valence-electron chi connectivity index (χ0n) is 14.4. The maximum atomic E-state index is 12.1. The van der Waals surface area contributed by atoms with Crippen molar-refractivity contribution in [2.24, 2.45) is 11.7 Å². The molecule has 0 aliphatic heterocycles. The van der Waals surface area contributed by atoms with Gasteiger partial charge in [0.1, 0.15) is 5.75 Å². The van der Waals surface area contributed by atoms with Gasteiger partial charge in [0.2, 0.25) is 5.91 Å². The van der Waals surface area contributed by atoms with Crippen molar-refractivity contribution in [3.8, 4) is 5.75 Å². The number of Topliss-reactive ketones (excluding diaryl/α,β-unsaturated/α-hetero) is 1.